The van der Waals surface area contributed by atoms with Gasteiger partial charge in [-0.2, -0.15) is 18.3 Å². The van der Waals surface area contributed by atoms with E-state index in [9.17, 15) is 13.2 Å². The smallest absolute Gasteiger partial charge is 0.269 e. The van der Waals surface area contributed by atoms with Crippen LogP contribution in [0.25, 0.3) is 0 Å². The van der Waals surface area contributed by atoms with Crippen LogP contribution in [0.15, 0.2) is 0 Å². The minimum atomic E-state index is -4.32. The molecule has 15 heavy (non-hydrogen) atoms. The predicted octanol–water partition coefficient (Wildman–Crippen LogP) is 3.11. The van der Waals surface area contributed by atoms with Gasteiger partial charge in [0, 0.05) is 17.8 Å². The predicted molar refractivity (Wildman–Crippen MR) is 49.6 cm³/mol. The molecule has 0 atom stereocenters. The van der Waals surface area contributed by atoms with Crippen molar-refractivity contribution in [1.29, 1.82) is 0 Å². The topological polar surface area (TPSA) is 17.8 Å². The molecule has 0 amide bonds. The van der Waals surface area contributed by atoms with Crippen LogP contribution < -0.4 is 0 Å². The van der Waals surface area contributed by atoms with E-state index in [1.165, 1.54) is 4.68 Å². The molecule has 0 N–H and O–H groups in total. The van der Waals surface area contributed by atoms with Crippen molar-refractivity contribution in [3.05, 3.63) is 17.0 Å². The van der Waals surface area contributed by atoms with Crippen molar-refractivity contribution in [3.63, 3.8) is 0 Å². The number of halogens is 3. The average molecular weight is 218 g/mol. The second-order valence-corrected chi connectivity index (χ2v) is 3.94. The number of hydrogen-bond donors (Lipinski definition) is 0. The van der Waals surface area contributed by atoms with Gasteiger partial charge in [0.1, 0.15) is 0 Å². The Morgan fingerprint density at radius 1 is 1.40 bits per heavy atom. The molecule has 1 aromatic heterocycles. The van der Waals surface area contributed by atoms with Gasteiger partial charge < -0.3 is 0 Å². The number of hydrogen-bond acceptors (Lipinski definition) is 1. The zero-order valence-corrected chi connectivity index (χ0v) is 8.73. The number of nitrogens with zero attached hydrogens (tertiary/aromatic N) is 2. The van der Waals surface area contributed by atoms with Gasteiger partial charge in [-0.3, -0.25) is 4.68 Å². The van der Waals surface area contributed by atoms with Crippen LogP contribution in [0.5, 0.6) is 0 Å². The Bertz CT molecular complexity index is 375. The second kappa shape index (κ2) is 3.25. The largest absolute Gasteiger partial charge is 0.435 e. The lowest BCUT2D eigenvalue weighted by Gasteiger charge is -2.05. The van der Waals surface area contributed by atoms with Crippen LogP contribution in [0.2, 0.25) is 0 Å². The van der Waals surface area contributed by atoms with Crippen molar-refractivity contribution in [2.24, 2.45) is 0 Å². The van der Waals surface area contributed by atoms with Gasteiger partial charge in [0.25, 0.3) is 0 Å². The van der Waals surface area contributed by atoms with E-state index in [0.29, 0.717) is 17.8 Å². The maximum atomic E-state index is 12.7. The first-order valence-corrected chi connectivity index (χ1v) is 5.09. The molecule has 84 valence electrons. The van der Waals surface area contributed by atoms with Crippen LogP contribution in [0.4, 0.5) is 13.2 Å². The van der Waals surface area contributed by atoms with E-state index >= 15 is 0 Å². The molecule has 1 heterocycles. The van der Waals surface area contributed by atoms with Crippen molar-refractivity contribution in [2.45, 2.75) is 45.3 Å². The van der Waals surface area contributed by atoms with Gasteiger partial charge in [-0.25, -0.2) is 0 Å². The Hall–Kier alpha value is -1.00. The number of aromatic nitrogens is 2. The summed E-state index contributed by atoms with van der Waals surface area (Å²) in [6.07, 6.45) is -2.60. The highest BCUT2D eigenvalue weighted by atomic mass is 19.4. The quantitative estimate of drug-likeness (QED) is 0.745. The maximum Gasteiger partial charge on any atom is 0.435 e. The van der Waals surface area contributed by atoms with E-state index < -0.39 is 11.9 Å². The zero-order valence-electron chi connectivity index (χ0n) is 8.73. The monoisotopic (exact) mass is 218 g/mol. The Balaban J connectivity index is 2.52. The molecular weight excluding hydrogens is 205 g/mol. The standard InChI is InChI=1S/C10H13F3N2/c1-3-15-6(2)8(7-4-5-7)9(14-15)10(11,12)13/h7H,3-5H2,1-2H3. The van der Waals surface area contributed by atoms with Crippen LogP contribution in [0, 0.1) is 6.92 Å². The van der Waals surface area contributed by atoms with Crippen LogP contribution in [-0.4, -0.2) is 9.78 Å². The minimum absolute atomic E-state index is 0.0851. The van der Waals surface area contributed by atoms with Gasteiger partial charge in [0.15, 0.2) is 5.69 Å². The van der Waals surface area contributed by atoms with Gasteiger partial charge in [-0.05, 0) is 32.6 Å². The molecule has 1 aliphatic carbocycles. The fraction of sp³-hybridized carbons (Fsp3) is 0.700. The Morgan fingerprint density at radius 3 is 2.40 bits per heavy atom. The molecule has 0 bridgehead atoms. The fourth-order valence-electron chi connectivity index (χ4n) is 1.94. The summed E-state index contributed by atoms with van der Waals surface area (Å²) < 4.78 is 39.5. The first-order chi connectivity index (χ1) is 6.95. The first kappa shape index (κ1) is 10.5. The molecule has 0 aromatic carbocycles. The maximum absolute atomic E-state index is 12.7. The molecule has 1 aliphatic rings. The Labute approximate surface area is 86.1 Å². The van der Waals surface area contributed by atoms with Gasteiger partial charge in [-0.1, -0.05) is 0 Å². The fourth-order valence-corrected chi connectivity index (χ4v) is 1.94. The molecule has 2 nitrogen and oxygen atoms in total. The highest BCUT2D eigenvalue weighted by Gasteiger charge is 2.42. The summed E-state index contributed by atoms with van der Waals surface area (Å²) >= 11 is 0. The van der Waals surface area contributed by atoms with Gasteiger partial charge >= 0.3 is 6.18 Å². The second-order valence-electron chi connectivity index (χ2n) is 3.94. The molecule has 0 saturated heterocycles. The summed E-state index contributed by atoms with van der Waals surface area (Å²) in [5.74, 6) is 0.0851. The molecule has 1 saturated carbocycles. The average Bonchev–Trinajstić information content (AvgIpc) is 2.89. The van der Waals surface area contributed by atoms with E-state index in [1.54, 1.807) is 13.8 Å². The summed E-state index contributed by atoms with van der Waals surface area (Å²) in [7, 11) is 0. The Morgan fingerprint density at radius 2 is 2.00 bits per heavy atom. The molecular formula is C10H13F3N2. The zero-order chi connectivity index (χ0) is 11.2. The van der Waals surface area contributed by atoms with Crippen LogP contribution in [0.1, 0.15) is 42.6 Å². The highest BCUT2D eigenvalue weighted by Crippen LogP contribution is 2.46. The van der Waals surface area contributed by atoms with Crippen molar-refractivity contribution in [3.8, 4) is 0 Å². The van der Waals surface area contributed by atoms with Crippen molar-refractivity contribution in [2.75, 3.05) is 0 Å². The highest BCUT2D eigenvalue weighted by molar-refractivity contribution is 5.34. The van der Waals surface area contributed by atoms with Gasteiger partial charge in [0.05, 0.1) is 0 Å². The molecule has 2 rings (SSSR count). The number of alkyl halides is 3. The summed E-state index contributed by atoms with van der Waals surface area (Å²) in [4.78, 5) is 0. The van der Waals surface area contributed by atoms with Gasteiger partial charge in [0.2, 0.25) is 0 Å². The molecule has 1 aromatic rings. The SMILES string of the molecule is CCn1nc(C(F)(F)F)c(C2CC2)c1C. The van der Waals surface area contributed by atoms with Crippen molar-refractivity contribution < 1.29 is 13.2 Å². The van der Waals surface area contributed by atoms with E-state index in [1.807, 2.05) is 0 Å². The van der Waals surface area contributed by atoms with Crippen molar-refractivity contribution in [1.82, 2.24) is 9.78 Å². The molecule has 5 heteroatoms. The van der Waals surface area contributed by atoms with E-state index in [0.717, 1.165) is 12.8 Å². The summed E-state index contributed by atoms with van der Waals surface area (Å²) in [6.45, 7) is 4.01. The van der Waals surface area contributed by atoms with Crippen molar-refractivity contribution >= 4 is 0 Å². The lowest BCUT2D eigenvalue weighted by atomic mass is 10.1. The lowest BCUT2D eigenvalue weighted by molar-refractivity contribution is -0.142. The summed E-state index contributed by atoms with van der Waals surface area (Å²) in [5.41, 5.74) is 0.418. The summed E-state index contributed by atoms with van der Waals surface area (Å²) in [5, 5.41) is 3.65. The number of rotatable bonds is 2. The Kier molecular flexibility index (Phi) is 2.28. The van der Waals surface area contributed by atoms with Gasteiger partial charge in [-0.15, -0.1) is 0 Å². The molecule has 0 unspecified atom stereocenters. The first-order valence-electron chi connectivity index (χ1n) is 5.09. The van der Waals surface area contributed by atoms with E-state index in [-0.39, 0.29) is 5.92 Å². The molecule has 1 fully saturated rings. The summed E-state index contributed by atoms with van der Waals surface area (Å²) in [6, 6.07) is 0. The molecule has 0 radical (unpaired) electrons. The minimum Gasteiger partial charge on any atom is -0.269 e. The number of aryl methyl sites for hydroxylation is 1. The van der Waals surface area contributed by atoms with Crippen LogP contribution in [0.3, 0.4) is 0 Å². The third kappa shape index (κ3) is 1.75. The van der Waals surface area contributed by atoms with E-state index in [2.05, 4.69) is 5.10 Å². The van der Waals surface area contributed by atoms with Crippen LogP contribution >= 0.6 is 0 Å². The van der Waals surface area contributed by atoms with Crippen LogP contribution in [-0.2, 0) is 12.7 Å². The lowest BCUT2D eigenvalue weighted by Crippen LogP contribution is -2.09. The van der Waals surface area contributed by atoms with E-state index in [4.69, 9.17) is 0 Å². The third-order valence-corrected chi connectivity index (χ3v) is 2.81. The molecule has 0 aliphatic heterocycles. The normalized spacial score (nSPS) is 17.1. The molecule has 0 spiro atoms. The third-order valence-electron chi connectivity index (χ3n) is 2.81.